The Hall–Kier alpha value is -3.59. The number of hydrogen-bond donors (Lipinski definition) is 4. The second-order valence-corrected chi connectivity index (χ2v) is 5.15. The van der Waals surface area contributed by atoms with Gasteiger partial charge in [-0.05, 0) is 24.3 Å². The van der Waals surface area contributed by atoms with Crippen LogP contribution in [0.2, 0.25) is 0 Å². The molecule has 0 saturated heterocycles. The fraction of sp³-hybridized carbons (Fsp3) is 0.0625. The number of nitrogens with two attached hydrogens (primary N) is 1. The number of aromatic carboxylic acids is 2. The molecule has 0 saturated carbocycles. The number of nitrogens with one attached hydrogen (secondary N) is 1. The molecule has 3 rings (SSSR count). The van der Waals surface area contributed by atoms with Gasteiger partial charge >= 0.3 is 11.9 Å². The van der Waals surface area contributed by atoms with Crippen molar-refractivity contribution in [3.63, 3.8) is 0 Å². The van der Waals surface area contributed by atoms with Crippen molar-refractivity contribution in [1.29, 1.82) is 0 Å². The highest BCUT2D eigenvalue weighted by atomic mass is 16.4. The quantitative estimate of drug-likeness (QED) is 0.514. The molecule has 2 aromatic heterocycles. The number of carbonyl (C=O) groups excluding carboxylic acids is 1. The van der Waals surface area contributed by atoms with Gasteiger partial charge < -0.3 is 21.3 Å². The molecule has 3 aromatic rings. The standard InChI is InChI=1S/C16H12N4O5/c17-6-12(21)18-11-5-7-1-3-9(15(22)23)19-13(7)14-8(11)2-4-10(20-14)16(24)25/h1-5H,6,17H2,(H,18,21)(H,22,23)(H,24,25). The Bertz CT molecular complexity index is 1050. The zero-order chi connectivity index (χ0) is 18.1. The van der Waals surface area contributed by atoms with Crippen molar-refractivity contribution >= 4 is 45.3 Å². The fourth-order valence-electron chi connectivity index (χ4n) is 2.41. The van der Waals surface area contributed by atoms with E-state index in [0.29, 0.717) is 16.5 Å². The molecule has 0 aliphatic heterocycles. The number of pyridine rings is 2. The Morgan fingerprint density at radius 1 is 0.960 bits per heavy atom. The van der Waals surface area contributed by atoms with Crippen molar-refractivity contribution in [1.82, 2.24) is 9.97 Å². The molecule has 0 aliphatic rings. The molecule has 0 aliphatic carbocycles. The number of aromatic nitrogens is 2. The second-order valence-electron chi connectivity index (χ2n) is 5.15. The molecule has 1 amide bonds. The van der Waals surface area contributed by atoms with E-state index < -0.39 is 17.8 Å². The zero-order valence-electron chi connectivity index (χ0n) is 12.7. The number of anilines is 1. The van der Waals surface area contributed by atoms with Crippen LogP contribution in [-0.2, 0) is 4.79 Å². The number of hydrogen-bond acceptors (Lipinski definition) is 6. The van der Waals surface area contributed by atoms with Crippen LogP contribution in [0, 0.1) is 0 Å². The van der Waals surface area contributed by atoms with Crippen molar-refractivity contribution in [2.24, 2.45) is 5.73 Å². The van der Waals surface area contributed by atoms with Crippen LogP contribution in [0.15, 0.2) is 30.3 Å². The summed E-state index contributed by atoms with van der Waals surface area (Å²) >= 11 is 0. The first-order valence-corrected chi connectivity index (χ1v) is 7.11. The van der Waals surface area contributed by atoms with E-state index in [1.165, 1.54) is 24.3 Å². The molecule has 1 aromatic carbocycles. The van der Waals surface area contributed by atoms with Gasteiger partial charge in [-0.2, -0.15) is 0 Å². The van der Waals surface area contributed by atoms with Gasteiger partial charge in [0.15, 0.2) is 0 Å². The predicted octanol–water partition coefficient (Wildman–Crippen LogP) is 1.08. The van der Waals surface area contributed by atoms with Gasteiger partial charge in [-0.1, -0.05) is 6.07 Å². The van der Waals surface area contributed by atoms with E-state index in [2.05, 4.69) is 15.3 Å². The molecular weight excluding hydrogens is 328 g/mol. The van der Waals surface area contributed by atoms with Crippen LogP contribution >= 0.6 is 0 Å². The molecular formula is C16H12N4O5. The Morgan fingerprint density at radius 2 is 1.56 bits per heavy atom. The van der Waals surface area contributed by atoms with Crippen LogP contribution in [0.25, 0.3) is 21.8 Å². The summed E-state index contributed by atoms with van der Waals surface area (Å²) in [5.41, 5.74) is 5.67. The Kier molecular flexibility index (Phi) is 3.99. The predicted molar refractivity (Wildman–Crippen MR) is 88.6 cm³/mol. The smallest absolute Gasteiger partial charge is 0.354 e. The van der Waals surface area contributed by atoms with Crippen LogP contribution in [-0.4, -0.2) is 44.6 Å². The average Bonchev–Trinajstić information content (AvgIpc) is 2.60. The number of carboxylic acids is 2. The lowest BCUT2D eigenvalue weighted by Crippen LogP contribution is -2.22. The molecule has 5 N–H and O–H groups in total. The van der Waals surface area contributed by atoms with Gasteiger partial charge in [-0.25, -0.2) is 19.6 Å². The van der Waals surface area contributed by atoms with E-state index in [0.717, 1.165) is 0 Å². The van der Waals surface area contributed by atoms with Crippen LogP contribution in [0.3, 0.4) is 0 Å². The fourth-order valence-corrected chi connectivity index (χ4v) is 2.41. The first kappa shape index (κ1) is 16.3. The van der Waals surface area contributed by atoms with E-state index in [-0.39, 0.29) is 29.0 Å². The van der Waals surface area contributed by atoms with Gasteiger partial charge in [0.1, 0.15) is 11.4 Å². The molecule has 0 atom stereocenters. The average molecular weight is 340 g/mol. The number of carboxylic acid groups (broad SMARTS) is 2. The summed E-state index contributed by atoms with van der Waals surface area (Å²) in [5, 5.41) is 21.8. The summed E-state index contributed by atoms with van der Waals surface area (Å²) in [6.07, 6.45) is 0. The Balaban J connectivity index is 2.38. The summed E-state index contributed by atoms with van der Waals surface area (Å²) in [6.45, 7) is -0.226. The SMILES string of the molecule is NCC(=O)Nc1cc2ccc(C(=O)O)nc2c2nc(C(=O)O)ccc12. The number of benzene rings is 1. The third-order valence-corrected chi connectivity index (χ3v) is 3.53. The molecule has 9 heteroatoms. The molecule has 0 radical (unpaired) electrons. The second kappa shape index (κ2) is 6.13. The van der Waals surface area contributed by atoms with Crippen LogP contribution in [0.1, 0.15) is 21.0 Å². The maximum Gasteiger partial charge on any atom is 0.354 e. The lowest BCUT2D eigenvalue weighted by Gasteiger charge is -2.11. The molecule has 9 nitrogen and oxygen atoms in total. The van der Waals surface area contributed by atoms with E-state index in [9.17, 15) is 14.4 Å². The molecule has 2 heterocycles. The topological polar surface area (TPSA) is 156 Å². The third-order valence-electron chi connectivity index (χ3n) is 3.53. The van der Waals surface area contributed by atoms with Gasteiger partial charge in [0.05, 0.1) is 23.3 Å². The highest BCUT2D eigenvalue weighted by molar-refractivity contribution is 6.13. The van der Waals surface area contributed by atoms with E-state index in [1.807, 2.05) is 0 Å². The normalized spacial score (nSPS) is 10.8. The highest BCUT2D eigenvalue weighted by Gasteiger charge is 2.15. The summed E-state index contributed by atoms with van der Waals surface area (Å²) in [7, 11) is 0. The Labute approximate surface area is 140 Å². The number of carbonyl (C=O) groups is 3. The molecule has 25 heavy (non-hydrogen) atoms. The van der Waals surface area contributed by atoms with E-state index in [4.69, 9.17) is 15.9 Å². The van der Waals surface area contributed by atoms with Crippen molar-refractivity contribution < 1.29 is 24.6 Å². The van der Waals surface area contributed by atoms with Gasteiger partial charge in [0.2, 0.25) is 5.91 Å². The van der Waals surface area contributed by atoms with Crippen molar-refractivity contribution in [2.75, 3.05) is 11.9 Å². The first-order valence-electron chi connectivity index (χ1n) is 7.11. The summed E-state index contributed by atoms with van der Waals surface area (Å²) in [4.78, 5) is 42.1. The van der Waals surface area contributed by atoms with E-state index in [1.54, 1.807) is 6.07 Å². The minimum atomic E-state index is -1.24. The Morgan fingerprint density at radius 3 is 2.16 bits per heavy atom. The molecule has 126 valence electrons. The van der Waals surface area contributed by atoms with Crippen LogP contribution in [0.4, 0.5) is 5.69 Å². The van der Waals surface area contributed by atoms with Crippen LogP contribution < -0.4 is 11.1 Å². The summed E-state index contributed by atoms with van der Waals surface area (Å²) in [5.74, 6) is -2.89. The van der Waals surface area contributed by atoms with Gasteiger partial charge in [-0.3, -0.25) is 4.79 Å². The van der Waals surface area contributed by atoms with Crippen LogP contribution in [0.5, 0.6) is 0 Å². The van der Waals surface area contributed by atoms with E-state index >= 15 is 0 Å². The summed E-state index contributed by atoms with van der Waals surface area (Å²) in [6, 6.07) is 7.19. The molecule has 0 bridgehead atoms. The van der Waals surface area contributed by atoms with Crippen molar-refractivity contribution in [3.8, 4) is 0 Å². The summed E-state index contributed by atoms with van der Waals surface area (Å²) < 4.78 is 0. The lowest BCUT2D eigenvalue weighted by atomic mass is 10.1. The number of nitrogens with zero attached hydrogens (tertiary/aromatic N) is 2. The van der Waals surface area contributed by atoms with Gasteiger partial charge in [0.25, 0.3) is 0 Å². The lowest BCUT2D eigenvalue weighted by molar-refractivity contribution is -0.114. The highest BCUT2D eigenvalue weighted by Crippen LogP contribution is 2.30. The molecule has 0 spiro atoms. The largest absolute Gasteiger partial charge is 0.477 e. The maximum atomic E-state index is 11.6. The van der Waals surface area contributed by atoms with Gasteiger partial charge in [0, 0.05) is 10.8 Å². The molecule has 0 unspecified atom stereocenters. The number of amides is 1. The minimum absolute atomic E-state index is 0.174. The third kappa shape index (κ3) is 2.95. The van der Waals surface area contributed by atoms with Gasteiger partial charge in [-0.15, -0.1) is 0 Å². The minimum Gasteiger partial charge on any atom is -0.477 e. The monoisotopic (exact) mass is 340 g/mol. The maximum absolute atomic E-state index is 11.6. The first-order chi connectivity index (χ1) is 11.9. The molecule has 0 fully saturated rings. The number of rotatable bonds is 4. The van der Waals surface area contributed by atoms with Crippen molar-refractivity contribution in [3.05, 3.63) is 41.7 Å². The number of fused-ring (bicyclic) bond motifs is 3. The zero-order valence-corrected chi connectivity index (χ0v) is 12.7. The van der Waals surface area contributed by atoms with Crippen molar-refractivity contribution in [2.45, 2.75) is 0 Å².